The second kappa shape index (κ2) is 7.88. The molecular weight excluding hydrogens is 392 g/mol. The largest absolute Gasteiger partial charge is 0.492 e. The van der Waals surface area contributed by atoms with Gasteiger partial charge in [0.15, 0.2) is 5.65 Å². The summed E-state index contributed by atoms with van der Waals surface area (Å²) < 4.78 is 7.30. The molecule has 3 heterocycles. The highest BCUT2D eigenvalue weighted by molar-refractivity contribution is 8.18. The van der Waals surface area contributed by atoms with Crippen LogP contribution in [0.5, 0.6) is 5.75 Å². The first-order valence-corrected chi connectivity index (χ1v) is 9.63. The van der Waals surface area contributed by atoms with Crippen LogP contribution in [-0.2, 0) is 11.3 Å². The van der Waals surface area contributed by atoms with E-state index in [4.69, 9.17) is 4.74 Å². The third-order valence-corrected chi connectivity index (χ3v) is 5.13. The van der Waals surface area contributed by atoms with Crippen molar-refractivity contribution in [2.24, 2.45) is 0 Å². The lowest BCUT2D eigenvalue weighted by Gasteiger charge is -2.11. The second-order valence-electron chi connectivity index (χ2n) is 6.26. The highest BCUT2D eigenvalue weighted by atomic mass is 32.2. The number of rotatable bonds is 5. The molecule has 0 aliphatic carbocycles. The normalized spacial score (nSPS) is 15.1. The van der Waals surface area contributed by atoms with E-state index in [1.807, 2.05) is 0 Å². The Balaban J connectivity index is 1.42. The molecular formula is C20H16N4O4S. The molecule has 1 aliphatic heterocycles. The number of nitrogens with zero attached hydrogens (tertiary/aromatic N) is 3. The minimum absolute atomic E-state index is 0.145. The molecule has 0 radical (unpaired) electrons. The number of nitrogens with one attached hydrogen (secondary N) is 1. The average molecular weight is 408 g/mol. The van der Waals surface area contributed by atoms with E-state index in [-0.39, 0.29) is 16.7 Å². The van der Waals surface area contributed by atoms with Crippen molar-refractivity contribution in [2.45, 2.75) is 13.5 Å². The molecule has 2 aromatic heterocycles. The van der Waals surface area contributed by atoms with Crippen molar-refractivity contribution in [1.82, 2.24) is 19.9 Å². The van der Waals surface area contributed by atoms with Gasteiger partial charge in [0.1, 0.15) is 18.2 Å². The molecule has 1 saturated heterocycles. The number of hydrogen-bond donors (Lipinski definition) is 1. The van der Waals surface area contributed by atoms with Gasteiger partial charge in [0.2, 0.25) is 0 Å². The smallest absolute Gasteiger partial charge is 0.290 e. The molecule has 0 saturated carbocycles. The first-order chi connectivity index (χ1) is 14.0. The highest BCUT2D eigenvalue weighted by Gasteiger charge is 2.24. The van der Waals surface area contributed by atoms with Crippen molar-refractivity contribution < 1.29 is 14.3 Å². The number of amides is 2. The topological polar surface area (TPSA) is 103 Å². The Labute approximate surface area is 169 Å². The monoisotopic (exact) mass is 408 g/mol. The lowest BCUT2D eigenvalue weighted by molar-refractivity contribution is -0.115. The zero-order chi connectivity index (χ0) is 20.4. The first-order valence-electron chi connectivity index (χ1n) is 8.81. The van der Waals surface area contributed by atoms with E-state index in [1.165, 1.54) is 0 Å². The third kappa shape index (κ3) is 4.04. The van der Waals surface area contributed by atoms with Gasteiger partial charge >= 0.3 is 0 Å². The maximum Gasteiger partial charge on any atom is 0.290 e. The summed E-state index contributed by atoms with van der Waals surface area (Å²) in [7, 11) is 0. The molecule has 1 aromatic carbocycles. The molecule has 2 amide bonds. The van der Waals surface area contributed by atoms with E-state index in [2.05, 4.69) is 15.3 Å². The maximum atomic E-state index is 12.6. The van der Waals surface area contributed by atoms with Gasteiger partial charge in [0.25, 0.3) is 16.7 Å². The molecule has 3 aromatic rings. The van der Waals surface area contributed by atoms with Gasteiger partial charge in [0.05, 0.1) is 16.8 Å². The summed E-state index contributed by atoms with van der Waals surface area (Å²) >= 11 is 0.875. The molecule has 1 aliphatic rings. The van der Waals surface area contributed by atoms with Crippen LogP contribution in [0.25, 0.3) is 17.1 Å². The quantitative estimate of drug-likeness (QED) is 0.647. The maximum absolute atomic E-state index is 12.6. The predicted molar refractivity (Wildman–Crippen MR) is 110 cm³/mol. The van der Waals surface area contributed by atoms with Crippen LogP contribution in [0.15, 0.2) is 52.3 Å². The number of fused-ring (bicyclic) bond motifs is 1. The van der Waals surface area contributed by atoms with Crippen molar-refractivity contribution in [3.05, 3.63) is 69.2 Å². The van der Waals surface area contributed by atoms with Crippen molar-refractivity contribution in [3.63, 3.8) is 0 Å². The Morgan fingerprint density at radius 3 is 2.69 bits per heavy atom. The number of carbonyl (C=O) groups is 2. The summed E-state index contributed by atoms with van der Waals surface area (Å²) in [6, 6.07) is 10.5. The predicted octanol–water partition coefficient (Wildman–Crippen LogP) is 2.50. The van der Waals surface area contributed by atoms with Gasteiger partial charge in [-0.3, -0.25) is 24.3 Å². The zero-order valence-corrected chi connectivity index (χ0v) is 16.2. The summed E-state index contributed by atoms with van der Waals surface area (Å²) in [4.78, 5) is 44.2. The summed E-state index contributed by atoms with van der Waals surface area (Å²) in [5.74, 6) is 0.821. The van der Waals surface area contributed by atoms with Crippen molar-refractivity contribution >= 4 is 40.0 Å². The third-order valence-electron chi connectivity index (χ3n) is 4.32. The van der Waals surface area contributed by atoms with E-state index >= 15 is 0 Å². The van der Waals surface area contributed by atoms with Gasteiger partial charge in [-0.1, -0.05) is 12.1 Å². The fourth-order valence-electron chi connectivity index (χ4n) is 2.91. The van der Waals surface area contributed by atoms with Crippen LogP contribution >= 0.6 is 11.8 Å². The molecule has 9 heteroatoms. The number of benzene rings is 1. The molecule has 0 atom stereocenters. The second-order valence-corrected chi connectivity index (χ2v) is 7.27. The first kappa shape index (κ1) is 18.9. The summed E-state index contributed by atoms with van der Waals surface area (Å²) in [5.41, 5.74) is 1.07. The minimum atomic E-state index is -0.389. The lowest BCUT2D eigenvalue weighted by atomic mass is 10.2. The van der Waals surface area contributed by atoms with Gasteiger partial charge in [0, 0.05) is 6.20 Å². The van der Waals surface area contributed by atoms with Gasteiger partial charge in [-0.25, -0.2) is 9.97 Å². The summed E-state index contributed by atoms with van der Waals surface area (Å²) in [6.07, 6.45) is 3.25. The lowest BCUT2D eigenvalue weighted by Crippen LogP contribution is -2.26. The molecule has 1 N–H and O–H groups in total. The fourth-order valence-corrected chi connectivity index (χ4v) is 3.59. The van der Waals surface area contributed by atoms with Gasteiger partial charge < -0.3 is 4.74 Å². The number of carbonyl (C=O) groups excluding carboxylic acids is 2. The zero-order valence-electron chi connectivity index (χ0n) is 15.4. The van der Waals surface area contributed by atoms with Crippen LogP contribution in [0.4, 0.5) is 4.79 Å². The van der Waals surface area contributed by atoms with E-state index in [9.17, 15) is 14.4 Å². The highest BCUT2D eigenvalue weighted by Crippen LogP contribution is 2.26. The minimum Gasteiger partial charge on any atom is -0.492 e. The van der Waals surface area contributed by atoms with Crippen LogP contribution in [0, 0.1) is 6.92 Å². The van der Waals surface area contributed by atoms with Gasteiger partial charge in [-0.05, 0) is 54.6 Å². The molecule has 4 rings (SSSR count). The van der Waals surface area contributed by atoms with Crippen molar-refractivity contribution in [1.29, 1.82) is 0 Å². The van der Waals surface area contributed by atoms with Crippen molar-refractivity contribution in [3.8, 4) is 5.75 Å². The van der Waals surface area contributed by atoms with Crippen LogP contribution in [-0.4, -0.2) is 32.3 Å². The number of aryl methyl sites for hydroxylation is 1. The Hall–Kier alpha value is -3.46. The summed E-state index contributed by atoms with van der Waals surface area (Å²) in [5, 5.41) is 2.32. The van der Waals surface area contributed by atoms with Crippen LogP contribution in [0.1, 0.15) is 11.4 Å². The van der Waals surface area contributed by atoms with E-state index < -0.39 is 0 Å². The van der Waals surface area contributed by atoms with Crippen molar-refractivity contribution in [2.75, 3.05) is 6.61 Å². The van der Waals surface area contributed by atoms with Crippen LogP contribution < -0.4 is 15.6 Å². The van der Waals surface area contributed by atoms with Crippen LogP contribution in [0.3, 0.4) is 0 Å². The number of pyridine rings is 1. The SMILES string of the molecule is Cc1nc2ncccc2c(=O)n1CCOc1ccc(/C=C2\SC(=O)NC2=O)cc1. The molecule has 29 heavy (non-hydrogen) atoms. The molecule has 8 nitrogen and oxygen atoms in total. The molecule has 1 fully saturated rings. The number of thioether (sulfide) groups is 1. The number of imide groups is 1. The Kier molecular flexibility index (Phi) is 5.13. The fraction of sp³-hybridized carbons (Fsp3) is 0.150. The molecule has 146 valence electrons. The Morgan fingerprint density at radius 1 is 1.17 bits per heavy atom. The number of ether oxygens (including phenoxy) is 1. The standard InChI is InChI=1S/C20H16N4O4S/c1-12-22-17-15(3-2-8-21-17)19(26)24(12)9-10-28-14-6-4-13(5-7-14)11-16-18(25)23-20(27)29-16/h2-8,11H,9-10H2,1H3,(H,23,25,27)/b16-11-. The van der Waals surface area contributed by atoms with E-state index in [0.717, 1.165) is 17.3 Å². The Bertz CT molecular complexity index is 1200. The molecule has 0 spiro atoms. The number of hydrogen-bond acceptors (Lipinski definition) is 7. The Morgan fingerprint density at radius 2 is 1.97 bits per heavy atom. The van der Waals surface area contributed by atoms with Crippen LogP contribution in [0.2, 0.25) is 0 Å². The van der Waals surface area contributed by atoms with E-state index in [0.29, 0.717) is 40.7 Å². The molecule has 0 unspecified atom stereocenters. The average Bonchev–Trinajstić information content (AvgIpc) is 3.02. The summed E-state index contributed by atoms with van der Waals surface area (Å²) in [6.45, 7) is 2.41. The van der Waals surface area contributed by atoms with Gasteiger partial charge in [-0.2, -0.15) is 0 Å². The van der Waals surface area contributed by atoms with Gasteiger partial charge in [-0.15, -0.1) is 0 Å². The number of aromatic nitrogens is 3. The van der Waals surface area contributed by atoms with E-state index in [1.54, 1.807) is 60.2 Å². The molecule has 0 bridgehead atoms.